The van der Waals surface area contributed by atoms with E-state index >= 15 is 0 Å². The van der Waals surface area contributed by atoms with Gasteiger partial charge in [-0.25, -0.2) is 4.39 Å². The molecule has 1 aliphatic rings. The maximum Gasteiger partial charge on any atom is 0.123 e. The predicted molar refractivity (Wildman–Crippen MR) is 86.0 cm³/mol. The summed E-state index contributed by atoms with van der Waals surface area (Å²) in [5.74, 6) is -0.169. The van der Waals surface area contributed by atoms with E-state index in [1.165, 1.54) is 25.1 Å². The van der Waals surface area contributed by atoms with E-state index in [1.807, 2.05) is 19.2 Å². The van der Waals surface area contributed by atoms with Crippen molar-refractivity contribution in [2.45, 2.75) is 31.8 Å². The van der Waals surface area contributed by atoms with Crippen LogP contribution in [0.3, 0.4) is 0 Å². The highest BCUT2D eigenvalue weighted by Gasteiger charge is 2.20. The fourth-order valence-electron chi connectivity index (χ4n) is 3.22. The Morgan fingerprint density at radius 2 is 2.00 bits per heavy atom. The second-order valence-electron chi connectivity index (χ2n) is 6.18. The molecule has 0 saturated carbocycles. The van der Waals surface area contributed by atoms with E-state index in [-0.39, 0.29) is 5.82 Å². The smallest absolute Gasteiger partial charge is 0.123 e. The van der Waals surface area contributed by atoms with Crippen LogP contribution in [0.4, 0.5) is 4.39 Å². The SMILES string of the molecule is CNC(CCN1CCCN(C)CC1C)c1ccc(F)cc1. The van der Waals surface area contributed by atoms with Gasteiger partial charge in [-0.1, -0.05) is 12.1 Å². The Bertz CT molecular complexity index is 421. The summed E-state index contributed by atoms with van der Waals surface area (Å²) in [6, 6.07) is 7.75. The maximum absolute atomic E-state index is 13.0. The molecule has 1 aromatic carbocycles. The Morgan fingerprint density at radius 1 is 1.29 bits per heavy atom. The Balaban J connectivity index is 1.91. The lowest BCUT2D eigenvalue weighted by Gasteiger charge is -2.29. The lowest BCUT2D eigenvalue weighted by molar-refractivity contribution is 0.193. The van der Waals surface area contributed by atoms with Gasteiger partial charge in [0.25, 0.3) is 0 Å². The van der Waals surface area contributed by atoms with Crippen LogP contribution >= 0.6 is 0 Å². The molecule has 0 bridgehead atoms. The quantitative estimate of drug-likeness (QED) is 0.900. The lowest BCUT2D eigenvalue weighted by atomic mass is 10.0. The van der Waals surface area contributed by atoms with Crippen molar-refractivity contribution in [2.24, 2.45) is 0 Å². The standard InChI is InChI=1S/C17H28FN3/c1-14-13-20(3)10-4-11-21(14)12-9-17(19-2)15-5-7-16(18)8-6-15/h5-8,14,17,19H,4,9-13H2,1-3H3. The van der Waals surface area contributed by atoms with Crippen LogP contribution in [0.2, 0.25) is 0 Å². The normalized spacial score (nSPS) is 23.0. The molecule has 0 aliphatic carbocycles. The molecule has 21 heavy (non-hydrogen) atoms. The number of rotatable bonds is 5. The third kappa shape index (κ3) is 4.77. The number of hydrogen-bond donors (Lipinski definition) is 1. The minimum Gasteiger partial charge on any atom is -0.313 e. The average Bonchev–Trinajstić information content (AvgIpc) is 2.62. The zero-order chi connectivity index (χ0) is 15.2. The molecule has 1 N–H and O–H groups in total. The molecule has 2 rings (SSSR count). The van der Waals surface area contributed by atoms with Gasteiger partial charge in [0.1, 0.15) is 5.82 Å². The number of halogens is 1. The van der Waals surface area contributed by atoms with Crippen molar-refractivity contribution in [1.29, 1.82) is 0 Å². The van der Waals surface area contributed by atoms with E-state index in [1.54, 1.807) is 12.1 Å². The van der Waals surface area contributed by atoms with Gasteiger partial charge < -0.3 is 10.2 Å². The molecule has 1 aromatic rings. The van der Waals surface area contributed by atoms with Crippen molar-refractivity contribution >= 4 is 0 Å². The average molecular weight is 293 g/mol. The molecular weight excluding hydrogens is 265 g/mol. The molecular formula is C17H28FN3. The van der Waals surface area contributed by atoms with Gasteiger partial charge in [0, 0.05) is 25.2 Å². The van der Waals surface area contributed by atoms with Crippen LogP contribution in [-0.4, -0.2) is 56.1 Å². The van der Waals surface area contributed by atoms with Crippen LogP contribution in [0.25, 0.3) is 0 Å². The number of nitrogens with one attached hydrogen (secondary N) is 1. The molecule has 0 amide bonds. The molecule has 3 nitrogen and oxygen atoms in total. The highest BCUT2D eigenvalue weighted by molar-refractivity contribution is 5.19. The van der Waals surface area contributed by atoms with E-state index in [0.29, 0.717) is 12.1 Å². The molecule has 1 aliphatic heterocycles. The van der Waals surface area contributed by atoms with Gasteiger partial charge in [0.2, 0.25) is 0 Å². The lowest BCUT2D eigenvalue weighted by Crippen LogP contribution is -2.39. The first-order chi connectivity index (χ1) is 10.1. The fourth-order valence-corrected chi connectivity index (χ4v) is 3.22. The molecule has 2 atom stereocenters. The van der Waals surface area contributed by atoms with Gasteiger partial charge >= 0.3 is 0 Å². The van der Waals surface area contributed by atoms with E-state index in [4.69, 9.17) is 0 Å². The van der Waals surface area contributed by atoms with Crippen molar-refractivity contribution < 1.29 is 4.39 Å². The van der Waals surface area contributed by atoms with Crippen LogP contribution in [0, 0.1) is 5.82 Å². The molecule has 0 aromatic heterocycles. The predicted octanol–water partition coefficient (Wildman–Crippen LogP) is 2.50. The van der Waals surface area contributed by atoms with Crippen molar-refractivity contribution in [1.82, 2.24) is 15.1 Å². The van der Waals surface area contributed by atoms with E-state index in [9.17, 15) is 4.39 Å². The first-order valence-electron chi connectivity index (χ1n) is 7.95. The summed E-state index contributed by atoms with van der Waals surface area (Å²) in [6.07, 6.45) is 2.29. The summed E-state index contributed by atoms with van der Waals surface area (Å²) in [6.45, 7) is 6.90. The van der Waals surface area contributed by atoms with Crippen LogP contribution < -0.4 is 5.32 Å². The zero-order valence-electron chi connectivity index (χ0n) is 13.5. The largest absolute Gasteiger partial charge is 0.313 e. The summed E-state index contributed by atoms with van der Waals surface area (Å²) in [5.41, 5.74) is 1.17. The minimum absolute atomic E-state index is 0.169. The summed E-state index contributed by atoms with van der Waals surface area (Å²) >= 11 is 0. The van der Waals surface area contributed by atoms with Crippen LogP contribution in [0.5, 0.6) is 0 Å². The monoisotopic (exact) mass is 293 g/mol. The Labute approximate surface area is 128 Å². The van der Waals surface area contributed by atoms with Crippen molar-refractivity contribution in [3.63, 3.8) is 0 Å². The van der Waals surface area contributed by atoms with Gasteiger partial charge in [0.05, 0.1) is 0 Å². The minimum atomic E-state index is -0.169. The van der Waals surface area contributed by atoms with Crippen LogP contribution in [0.1, 0.15) is 31.4 Å². The second-order valence-corrected chi connectivity index (χ2v) is 6.18. The topological polar surface area (TPSA) is 18.5 Å². The summed E-state index contributed by atoms with van der Waals surface area (Å²) < 4.78 is 13.0. The molecule has 1 heterocycles. The maximum atomic E-state index is 13.0. The molecule has 2 unspecified atom stereocenters. The summed E-state index contributed by atoms with van der Waals surface area (Å²) in [7, 11) is 4.18. The third-order valence-electron chi connectivity index (χ3n) is 4.51. The van der Waals surface area contributed by atoms with E-state index < -0.39 is 0 Å². The molecule has 118 valence electrons. The molecule has 1 saturated heterocycles. The summed E-state index contributed by atoms with van der Waals surface area (Å²) in [4.78, 5) is 5.00. The number of likely N-dealkylation sites (N-methyl/N-ethyl adjacent to an activating group) is 1. The zero-order valence-corrected chi connectivity index (χ0v) is 13.5. The van der Waals surface area contributed by atoms with Crippen molar-refractivity contribution in [3.05, 3.63) is 35.6 Å². The Morgan fingerprint density at radius 3 is 2.67 bits per heavy atom. The van der Waals surface area contributed by atoms with Crippen LogP contribution in [0.15, 0.2) is 24.3 Å². The number of hydrogen-bond acceptors (Lipinski definition) is 3. The summed E-state index contributed by atoms with van der Waals surface area (Å²) in [5, 5.41) is 3.36. The van der Waals surface area contributed by atoms with Gasteiger partial charge in [-0.15, -0.1) is 0 Å². The molecule has 1 fully saturated rings. The second kappa shape index (κ2) is 7.87. The van der Waals surface area contributed by atoms with E-state index in [0.717, 1.165) is 19.5 Å². The Hall–Kier alpha value is -0.970. The Kier molecular flexibility index (Phi) is 6.15. The van der Waals surface area contributed by atoms with Crippen LogP contribution in [-0.2, 0) is 0 Å². The van der Waals surface area contributed by atoms with Gasteiger partial charge in [-0.3, -0.25) is 4.90 Å². The van der Waals surface area contributed by atoms with Gasteiger partial charge in [0.15, 0.2) is 0 Å². The molecule has 4 heteroatoms. The first kappa shape index (κ1) is 16.4. The van der Waals surface area contributed by atoms with Gasteiger partial charge in [-0.2, -0.15) is 0 Å². The fraction of sp³-hybridized carbons (Fsp3) is 0.647. The van der Waals surface area contributed by atoms with Gasteiger partial charge in [-0.05, 0) is 64.6 Å². The number of nitrogens with zero attached hydrogens (tertiary/aromatic N) is 2. The van der Waals surface area contributed by atoms with Crippen molar-refractivity contribution in [2.75, 3.05) is 40.3 Å². The van der Waals surface area contributed by atoms with E-state index in [2.05, 4.69) is 29.1 Å². The number of benzene rings is 1. The third-order valence-corrected chi connectivity index (χ3v) is 4.51. The first-order valence-corrected chi connectivity index (χ1v) is 7.95. The highest BCUT2D eigenvalue weighted by atomic mass is 19.1. The highest BCUT2D eigenvalue weighted by Crippen LogP contribution is 2.19. The van der Waals surface area contributed by atoms with Crippen molar-refractivity contribution in [3.8, 4) is 0 Å². The molecule has 0 radical (unpaired) electrons. The molecule has 0 spiro atoms.